The van der Waals surface area contributed by atoms with Crippen LogP contribution < -0.4 is 5.32 Å². The van der Waals surface area contributed by atoms with Crippen molar-refractivity contribution in [2.24, 2.45) is 5.41 Å². The summed E-state index contributed by atoms with van der Waals surface area (Å²) in [6.45, 7) is 5.13. The minimum Gasteiger partial charge on any atom is -0.396 e. The van der Waals surface area contributed by atoms with Crippen molar-refractivity contribution in [3.05, 3.63) is 0 Å². The van der Waals surface area contributed by atoms with E-state index >= 15 is 0 Å². The maximum Gasteiger partial charge on any atom is 0.0897 e. The molecule has 0 aliphatic heterocycles. The highest BCUT2D eigenvalue weighted by atomic mass is 16.5. The first-order valence-corrected chi connectivity index (χ1v) is 7.80. The zero-order valence-electron chi connectivity index (χ0n) is 12.4. The lowest BCUT2D eigenvalue weighted by Gasteiger charge is -2.17. The molecule has 1 unspecified atom stereocenters. The van der Waals surface area contributed by atoms with Gasteiger partial charge in [-0.15, -0.1) is 0 Å². The van der Waals surface area contributed by atoms with E-state index in [9.17, 15) is 5.11 Å². The van der Waals surface area contributed by atoms with Crippen LogP contribution in [0.4, 0.5) is 0 Å². The van der Waals surface area contributed by atoms with Crippen LogP contribution in [0.15, 0.2) is 0 Å². The van der Waals surface area contributed by atoms with Crippen molar-refractivity contribution in [1.82, 2.24) is 5.32 Å². The van der Waals surface area contributed by atoms with Crippen molar-refractivity contribution >= 4 is 0 Å². The summed E-state index contributed by atoms with van der Waals surface area (Å²) >= 11 is 0. The Morgan fingerprint density at radius 1 is 1.26 bits per heavy atom. The number of hydrogen-bond acceptors (Lipinski definition) is 4. The fourth-order valence-electron chi connectivity index (χ4n) is 2.34. The molecule has 0 spiro atoms. The molecule has 1 aliphatic carbocycles. The van der Waals surface area contributed by atoms with Crippen molar-refractivity contribution in [2.45, 2.75) is 58.0 Å². The van der Waals surface area contributed by atoms with Gasteiger partial charge in [-0.25, -0.2) is 0 Å². The lowest BCUT2D eigenvalue weighted by molar-refractivity contribution is 0.0348. The third kappa shape index (κ3) is 7.88. The summed E-state index contributed by atoms with van der Waals surface area (Å²) in [5, 5.41) is 22.0. The van der Waals surface area contributed by atoms with Crippen LogP contribution in [0.5, 0.6) is 0 Å². The first-order chi connectivity index (χ1) is 9.22. The molecule has 1 atom stereocenters. The van der Waals surface area contributed by atoms with Crippen LogP contribution in [-0.4, -0.2) is 49.2 Å². The third-order valence-electron chi connectivity index (χ3n) is 3.93. The molecule has 0 radical (unpaired) electrons. The molecule has 19 heavy (non-hydrogen) atoms. The Morgan fingerprint density at radius 3 is 2.68 bits per heavy atom. The summed E-state index contributed by atoms with van der Waals surface area (Å²) in [6.07, 6.45) is 7.67. The molecule has 1 fully saturated rings. The zero-order valence-corrected chi connectivity index (χ0v) is 12.4. The van der Waals surface area contributed by atoms with Gasteiger partial charge in [-0.3, -0.25) is 0 Å². The molecule has 1 aliphatic rings. The fourth-order valence-corrected chi connectivity index (χ4v) is 2.34. The summed E-state index contributed by atoms with van der Waals surface area (Å²) in [7, 11) is 0. The van der Waals surface area contributed by atoms with Gasteiger partial charge in [-0.05, 0) is 31.1 Å². The van der Waals surface area contributed by atoms with Gasteiger partial charge in [0.2, 0.25) is 0 Å². The van der Waals surface area contributed by atoms with Gasteiger partial charge in [0, 0.05) is 26.3 Å². The van der Waals surface area contributed by atoms with E-state index in [4.69, 9.17) is 9.84 Å². The molecule has 3 N–H and O–H groups in total. The van der Waals surface area contributed by atoms with Crippen molar-refractivity contribution in [3.63, 3.8) is 0 Å². The predicted molar refractivity (Wildman–Crippen MR) is 77.2 cm³/mol. The van der Waals surface area contributed by atoms with Gasteiger partial charge in [-0.1, -0.05) is 26.2 Å². The van der Waals surface area contributed by atoms with E-state index in [0.29, 0.717) is 18.6 Å². The summed E-state index contributed by atoms with van der Waals surface area (Å²) in [6, 6.07) is 0. The van der Waals surface area contributed by atoms with Gasteiger partial charge >= 0.3 is 0 Å². The van der Waals surface area contributed by atoms with E-state index in [0.717, 1.165) is 26.0 Å². The van der Waals surface area contributed by atoms with Gasteiger partial charge in [0.1, 0.15) is 0 Å². The number of unbranched alkanes of at least 4 members (excludes halogenated alkanes) is 3. The smallest absolute Gasteiger partial charge is 0.0897 e. The van der Waals surface area contributed by atoms with E-state index in [2.05, 4.69) is 12.2 Å². The molecular weight excluding hydrogens is 242 g/mol. The fraction of sp³-hybridized carbons (Fsp3) is 1.00. The Hall–Kier alpha value is -0.160. The zero-order chi connectivity index (χ0) is 14.0. The van der Waals surface area contributed by atoms with Gasteiger partial charge in [0.05, 0.1) is 12.7 Å². The van der Waals surface area contributed by atoms with E-state index in [-0.39, 0.29) is 6.61 Å². The monoisotopic (exact) mass is 273 g/mol. The second-order valence-electron chi connectivity index (χ2n) is 5.89. The van der Waals surface area contributed by atoms with E-state index in [1.807, 2.05) is 0 Å². The average Bonchev–Trinajstić information content (AvgIpc) is 3.14. The predicted octanol–water partition coefficient (Wildman–Crippen LogP) is 1.70. The first-order valence-electron chi connectivity index (χ1n) is 7.80. The number of rotatable bonds is 13. The molecule has 114 valence electrons. The van der Waals surface area contributed by atoms with Crippen molar-refractivity contribution in [1.29, 1.82) is 0 Å². The summed E-state index contributed by atoms with van der Waals surface area (Å²) in [5.41, 5.74) is 0.315. The largest absolute Gasteiger partial charge is 0.396 e. The van der Waals surface area contributed by atoms with E-state index < -0.39 is 6.10 Å². The Kier molecular flexibility index (Phi) is 8.62. The first kappa shape index (κ1) is 16.9. The summed E-state index contributed by atoms with van der Waals surface area (Å²) < 4.78 is 5.46. The highest BCUT2D eigenvalue weighted by Crippen LogP contribution is 2.47. The molecule has 0 amide bonds. The normalized spacial score (nSPS) is 18.5. The molecule has 0 aromatic carbocycles. The average molecular weight is 273 g/mol. The summed E-state index contributed by atoms with van der Waals surface area (Å²) in [5.74, 6) is 0. The second-order valence-corrected chi connectivity index (χ2v) is 5.89. The van der Waals surface area contributed by atoms with Gasteiger partial charge in [-0.2, -0.15) is 0 Å². The number of aliphatic hydroxyl groups excluding tert-OH is 2. The van der Waals surface area contributed by atoms with Crippen LogP contribution in [-0.2, 0) is 4.74 Å². The van der Waals surface area contributed by atoms with Crippen LogP contribution in [0.3, 0.4) is 0 Å². The number of nitrogens with one attached hydrogen (secondary N) is 1. The lowest BCUT2D eigenvalue weighted by atomic mass is 10.0. The van der Waals surface area contributed by atoms with Crippen molar-refractivity contribution in [2.75, 3.05) is 32.9 Å². The summed E-state index contributed by atoms with van der Waals surface area (Å²) in [4.78, 5) is 0. The van der Waals surface area contributed by atoms with Gasteiger partial charge < -0.3 is 20.3 Å². The van der Waals surface area contributed by atoms with Crippen molar-refractivity contribution < 1.29 is 14.9 Å². The standard InChI is InChI=1S/C15H31NO3/c1-2-3-4-5-10-19-12-14(18)11-16-13-15(6-7-15)8-9-17/h14,16-18H,2-13H2,1H3. The molecule has 0 heterocycles. The highest BCUT2D eigenvalue weighted by Gasteiger charge is 2.41. The number of ether oxygens (including phenoxy) is 1. The minimum absolute atomic E-state index is 0.269. The second kappa shape index (κ2) is 9.70. The Morgan fingerprint density at radius 2 is 2.05 bits per heavy atom. The van der Waals surface area contributed by atoms with Crippen LogP contribution in [0, 0.1) is 5.41 Å². The minimum atomic E-state index is -0.420. The molecular formula is C15H31NO3. The molecule has 0 saturated heterocycles. The van der Waals surface area contributed by atoms with Crippen LogP contribution >= 0.6 is 0 Å². The quantitative estimate of drug-likeness (QED) is 0.447. The molecule has 1 saturated carbocycles. The maximum absolute atomic E-state index is 9.76. The third-order valence-corrected chi connectivity index (χ3v) is 3.93. The highest BCUT2D eigenvalue weighted by molar-refractivity contribution is 4.94. The van der Waals surface area contributed by atoms with Crippen LogP contribution in [0.25, 0.3) is 0 Å². The van der Waals surface area contributed by atoms with Gasteiger partial charge in [0.25, 0.3) is 0 Å². The molecule has 1 rings (SSSR count). The molecule has 0 aromatic heterocycles. The lowest BCUT2D eigenvalue weighted by Crippen LogP contribution is -2.34. The molecule has 0 bridgehead atoms. The van der Waals surface area contributed by atoms with Gasteiger partial charge in [0.15, 0.2) is 0 Å². The van der Waals surface area contributed by atoms with Crippen LogP contribution in [0.1, 0.15) is 51.9 Å². The van der Waals surface area contributed by atoms with Crippen molar-refractivity contribution in [3.8, 4) is 0 Å². The molecule has 0 aromatic rings. The number of hydrogen-bond donors (Lipinski definition) is 3. The van der Waals surface area contributed by atoms with E-state index in [1.54, 1.807) is 0 Å². The Balaban J connectivity index is 1.89. The Labute approximate surface area is 117 Å². The maximum atomic E-state index is 9.76. The molecule has 4 heteroatoms. The van der Waals surface area contributed by atoms with E-state index in [1.165, 1.54) is 32.1 Å². The topological polar surface area (TPSA) is 61.7 Å². The SMILES string of the molecule is CCCCCCOCC(O)CNCC1(CCO)CC1. The van der Waals surface area contributed by atoms with Crippen LogP contribution in [0.2, 0.25) is 0 Å². The molecule has 4 nitrogen and oxygen atoms in total. The number of aliphatic hydroxyl groups is 2. The Bertz CT molecular complexity index is 219.